The minimum Gasteiger partial charge on any atom is -0.308 e. The fourth-order valence-electron chi connectivity index (χ4n) is 8.79. The van der Waals surface area contributed by atoms with Crippen molar-refractivity contribution < 1.29 is 0 Å². The number of hydrogen-bond donors (Lipinski definition) is 0. The molecule has 0 fully saturated rings. The third-order valence-electron chi connectivity index (χ3n) is 10.8. The Bertz CT molecular complexity index is 2550. The molecule has 2 heterocycles. The molecule has 1 nitrogen and oxygen atoms in total. The lowest BCUT2D eigenvalue weighted by Gasteiger charge is -2.23. The number of nitrogens with zero attached hydrogens (tertiary/aromatic N) is 1. The van der Waals surface area contributed by atoms with Crippen molar-refractivity contribution in [3.05, 3.63) is 138 Å². The molecule has 8 aromatic rings. The second-order valence-electron chi connectivity index (χ2n) is 13.7. The Balaban J connectivity index is 1.43. The van der Waals surface area contributed by atoms with Gasteiger partial charge in [-0.1, -0.05) is 119 Å². The van der Waals surface area contributed by atoms with E-state index < -0.39 is 0 Å². The zero-order chi connectivity index (χ0) is 29.5. The molecule has 0 saturated heterocycles. The fourth-order valence-corrected chi connectivity index (χ4v) is 10.0. The lowest BCUT2D eigenvalue weighted by molar-refractivity contribution is 0.660. The van der Waals surface area contributed by atoms with Crippen LogP contribution in [0.2, 0.25) is 0 Å². The van der Waals surface area contributed by atoms with E-state index in [1.54, 1.807) is 0 Å². The Morgan fingerprint density at radius 1 is 0.545 bits per heavy atom. The highest BCUT2D eigenvalue weighted by Crippen LogP contribution is 2.59. The molecule has 0 spiro atoms. The number of benzene rings is 6. The number of hydrogen-bond acceptors (Lipinski definition) is 1. The van der Waals surface area contributed by atoms with Crippen LogP contribution in [0.1, 0.15) is 49.9 Å². The number of rotatable bonds is 1. The highest BCUT2D eigenvalue weighted by Gasteiger charge is 2.41. The second-order valence-corrected chi connectivity index (χ2v) is 14.8. The Hall–Kier alpha value is -4.66. The summed E-state index contributed by atoms with van der Waals surface area (Å²) in [4.78, 5) is 0. The van der Waals surface area contributed by atoms with E-state index in [4.69, 9.17) is 0 Å². The van der Waals surface area contributed by atoms with Gasteiger partial charge < -0.3 is 4.57 Å². The second kappa shape index (κ2) is 8.08. The maximum atomic E-state index is 2.58. The molecule has 44 heavy (non-hydrogen) atoms. The molecule has 2 aromatic heterocycles. The van der Waals surface area contributed by atoms with Crippen LogP contribution in [0.5, 0.6) is 0 Å². The van der Waals surface area contributed by atoms with Gasteiger partial charge in [0, 0.05) is 42.8 Å². The minimum atomic E-state index is -0.102. The molecule has 0 aliphatic heterocycles. The van der Waals surface area contributed by atoms with Gasteiger partial charge in [0.25, 0.3) is 0 Å². The summed E-state index contributed by atoms with van der Waals surface area (Å²) in [7, 11) is 0. The minimum absolute atomic E-state index is 0.0577. The smallest absolute Gasteiger partial charge is 0.0726 e. The molecule has 2 heteroatoms. The first-order valence-electron chi connectivity index (χ1n) is 15.6. The fraction of sp³-hybridized carbons (Fsp3) is 0.143. The van der Waals surface area contributed by atoms with Crippen LogP contribution in [0.4, 0.5) is 0 Å². The van der Waals surface area contributed by atoms with E-state index >= 15 is 0 Å². The molecule has 10 rings (SSSR count). The molecule has 0 radical (unpaired) electrons. The van der Waals surface area contributed by atoms with Crippen LogP contribution < -0.4 is 0 Å². The van der Waals surface area contributed by atoms with Crippen molar-refractivity contribution in [2.24, 2.45) is 0 Å². The zero-order valence-electron chi connectivity index (χ0n) is 25.3. The van der Waals surface area contributed by atoms with E-state index in [0.29, 0.717) is 0 Å². The predicted octanol–water partition coefficient (Wildman–Crippen LogP) is 11.8. The lowest BCUT2D eigenvalue weighted by Crippen LogP contribution is -2.15. The SMILES string of the molecule is CC1(C)c2ccccc2-c2ccc(-n3c4ccccc4c4c5c(c6c7ccccc7sc6c43)C(C)(C)c3ccccc3-5)cc21. The summed E-state index contributed by atoms with van der Waals surface area (Å²) in [6.45, 7) is 9.61. The van der Waals surface area contributed by atoms with E-state index in [0.717, 1.165) is 0 Å². The number of thiophene rings is 1. The van der Waals surface area contributed by atoms with Gasteiger partial charge in [0.15, 0.2) is 0 Å². The van der Waals surface area contributed by atoms with Crippen molar-refractivity contribution in [3.8, 4) is 27.9 Å². The van der Waals surface area contributed by atoms with Gasteiger partial charge in [-0.15, -0.1) is 11.3 Å². The van der Waals surface area contributed by atoms with Crippen LogP contribution in [0.3, 0.4) is 0 Å². The van der Waals surface area contributed by atoms with Crippen molar-refractivity contribution in [1.82, 2.24) is 4.57 Å². The van der Waals surface area contributed by atoms with Gasteiger partial charge in [-0.05, 0) is 68.8 Å². The van der Waals surface area contributed by atoms with Crippen molar-refractivity contribution >= 4 is 53.3 Å². The Kier molecular flexibility index (Phi) is 4.54. The monoisotopic (exact) mass is 581 g/mol. The Morgan fingerprint density at radius 2 is 1.18 bits per heavy atom. The maximum Gasteiger partial charge on any atom is 0.0726 e. The van der Waals surface area contributed by atoms with Gasteiger partial charge in [0.05, 0.1) is 15.7 Å². The Morgan fingerprint density at radius 3 is 2.00 bits per heavy atom. The quantitative estimate of drug-likeness (QED) is 0.182. The van der Waals surface area contributed by atoms with E-state index in [2.05, 4.69) is 148 Å². The lowest BCUT2D eigenvalue weighted by atomic mass is 9.80. The van der Waals surface area contributed by atoms with Crippen molar-refractivity contribution in [1.29, 1.82) is 0 Å². The molecule has 2 aliphatic rings. The van der Waals surface area contributed by atoms with Gasteiger partial charge in [-0.25, -0.2) is 0 Å². The average molecular weight is 582 g/mol. The normalized spacial score (nSPS) is 15.6. The van der Waals surface area contributed by atoms with Crippen molar-refractivity contribution in [2.75, 3.05) is 0 Å². The average Bonchev–Trinajstić information content (AvgIpc) is 3.72. The molecule has 0 amide bonds. The topological polar surface area (TPSA) is 4.93 Å². The highest BCUT2D eigenvalue weighted by atomic mass is 32.1. The summed E-state index contributed by atoms with van der Waals surface area (Å²) >= 11 is 1.95. The van der Waals surface area contributed by atoms with E-state index in [9.17, 15) is 0 Å². The summed E-state index contributed by atoms with van der Waals surface area (Å²) in [6.07, 6.45) is 0. The van der Waals surface area contributed by atoms with Crippen molar-refractivity contribution in [2.45, 2.75) is 38.5 Å². The summed E-state index contributed by atoms with van der Waals surface area (Å²) in [5.41, 5.74) is 14.9. The third kappa shape index (κ3) is 2.82. The van der Waals surface area contributed by atoms with Gasteiger partial charge in [0.1, 0.15) is 0 Å². The summed E-state index contributed by atoms with van der Waals surface area (Å²) in [5.74, 6) is 0. The number of para-hydroxylation sites is 1. The number of aromatic nitrogens is 1. The van der Waals surface area contributed by atoms with Crippen LogP contribution >= 0.6 is 11.3 Å². The zero-order valence-corrected chi connectivity index (χ0v) is 26.1. The van der Waals surface area contributed by atoms with Crippen LogP contribution in [0.25, 0.3) is 69.9 Å². The van der Waals surface area contributed by atoms with E-state index in [1.165, 1.54) is 92.2 Å². The third-order valence-corrected chi connectivity index (χ3v) is 11.9. The maximum absolute atomic E-state index is 2.58. The van der Waals surface area contributed by atoms with Gasteiger partial charge in [0.2, 0.25) is 0 Å². The summed E-state index contributed by atoms with van der Waals surface area (Å²) in [6, 6.07) is 43.4. The highest BCUT2D eigenvalue weighted by molar-refractivity contribution is 7.26. The van der Waals surface area contributed by atoms with Crippen LogP contribution in [0.15, 0.2) is 115 Å². The van der Waals surface area contributed by atoms with Gasteiger partial charge in [-0.2, -0.15) is 0 Å². The summed E-state index contributed by atoms with van der Waals surface area (Å²) < 4.78 is 5.32. The van der Waals surface area contributed by atoms with Crippen LogP contribution in [0, 0.1) is 0 Å². The van der Waals surface area contributed by atoms with Gasteiger partial charge >= 0.3 is 0 Å². The molecular formula is C42H31NS. The summed E-state index contributed by atoms with van der Waals surface area (Å²) in [5, 5.41) is 5.51. The standard InChI is InChI=1S/C42H31NS/c1-41(2)30-17-9-5-13-25(30)26-22-21-24(23-32(26)41)43-33-19-11-7-15-28(33)36-35-27-14-6-10-18-31(27)42(3,4)38(35)37-29-16-8-12-20-34(29)44-40(37)39(36)43/h5-23H,1-4H3. The van der Waals surface area contributed by atoms with Crippen LogP contribution in [-0.2, 0) is 10.8 Å². The molecule has 0 atom stereocenters. The number of fused-ring (bicyclic) bond motifs is 15. The van der Waals surface area contributed by atoms with E-state index in [1.807, 2.05) is 11.3 Å². The molecule has 2 aliphatic carbocycles. The van der Waals surface area contributed by atoms with E-state index in [-0.39, 0.29) is 10.8 Å². The van der Waals surface area contributed by atoms with Gasteiger partial charge in [-0.3, -0.25) is 0 Å². The molecule has 6 aromatic carbocycles. The molecule has 0 saturated carbocycles. The Labute approximate surface area is 261 Å². The van der Waals surface area contributed by atoms with Crippen LogP contribution in [-0.4, -0.2) is 4.57 Å². The molecule has 0 bridgehead atoms. The van der Waals surface area contributed by atoms with Crippen molar-refractivity contribution in [3.63, 3.8) is 0 Å². The first-order valence-corrected chi connectivity index (χ1v) is 16.4. The molecule has 210 valence electrons. The predicted molar refractivity (Wildman–Crippen MR) is 189 cm³/mol. The first-order chi connectivity index (χ1) is 21.4. The first kappa shape index (κ1) is 24.7. The largest absolute Gasteiger partial charge is 0.308 e. The molecular weight excluding hydrogens is 551 g/mol. The molecule has 0 N–H and O–H groups in total. The molecule has 0 unspecified atom stereocenters.